The molecule has 0 fully saturated rings. The number of aryl methyl sites for hydroxylation is 2. The lowest BCUT2D eigenvalue weighted by atomic mass is 9.71. The summed E-state index contributed by atoms with van der Waals surface area (Å²) >= 11 is 0. The van der Waals surface area contributed by atoms with Crippen molar-refractivity contribution < 1.29 is 14.4 Å². The van der Waals surface area contributed by atoms with Gasteiger partial charge in [-0.3, -0.25) is 14.4 Å². The number of ketones is 3. The molecule has 3 nitrogen and oxygen atoms in total. The van der Waals surface area contributed by atoms with Crippen molar-refractivity contribution in [1.29, 1.82) is 0 Å². The van der Waals surface area contributed by atoms with Gasteiger partial charge in [0.2, 0.25) is 0 Å². The molecule has 3 heteroatoms. The fourth-order valence-corrected chi connectivity index (χ4v) is 5.41. The molecule has 0 saturated carbocycles. The molecule has 1 aliphatic carbocycles. The maximum Gasteiger partial charge on any atom is 0.163 e. The Morgan fingerprint density at radius 1 is 1.10 bits per heavy atom. The number of unbranched alkanes of at least 4 members (excludes halogenated alkanes) is 1. The summed E-state index contributed by atoms with van der Waals surface area (Å²) < 4.78 is 0. The highest BCUT2D eigenvalue weighted by Crippen LogP contribution is 2.37. The predicted octanol–water partition coefficient (Wildman–Crippen LogP) is 6.46. The van der Waals surface area contributed by atoms with E-state index in [4.69, 9.17) is 0 Å². The minimum absolute atomic E-state index is 0.0471. The lowest BCUT2D eigenvalue weighted by Gasteiger charge is -2.32. The van der Waals surface area contributed by atoms with E-state index in [0.717, 1.165) is 62.5 Å². The molecule has 0 N–H and O–H groups in total. The number of rotatable bonds is 12. The smallest absolute Gasteiger partial charge is 0.163 e. The van der Waals surface area contributed by atoms with E-state index < -0.39 is 0 Å². The number of fused-ring (bicyclic) bond motifs is 1. The summed E-state index contributed by atoms with van der Waals surface area (Å²) in [6.07, 6.45) is 8.58. The standard InChI is InChI=1S/C27H40O3/c1-6-9-11-21-13-12-18(4)27-24(21)16-20(17-26(27)30)15-22(10-7-2)23(8-3)25(29)14-19(5)28/h12-13,20,22-23H,6-11,14-17H2,1-5H3. The van der Waals surface area contributed by atoms with Crippen LogP contribution in [0, 0.1) is 24.7 Å². The van der Waals surface area contributed by atoms with Gasteiger partial charge < -0.3 is 0 Å². The second kappa shape index (κ2) is 11.6. The van der Waals surface area contributed by atoms with Gasteiger partial charge in [-0.1, -0.05) is 52.2 Å². The van der Waals surface area contributed by atoms with Crippen LogP contribution >= 0.6 is 0 Å². The van der Waals surface area contributed by atoms with Crippen LogP contribution in [0.2, 0.25) is 0 Å². The zero-order chi connectivity index (χ0) is 22.3. The van der Waals surface area contributed by atoms with Gasteiger partial charge in [0.05, 0.1) is 6.42 Å². The van der Waals surface area contributed by atoms with Crippen molar-refractivity contribution in [2.24, 2.45) is 17.8 Å². The quantitative estimate of drug-likeness (QED) is 0.370. The molecule has 30 heavy (non-hydrogen) atoms. The first kappa shape index (κ1) is 24.5. The summed E-state index contributed by atoms with van der Waals surface area (Å²) in [6, 6.07) is 4.32. The Balaban J connectivity index is 2.25. The van der Waals surface area contributed by atoms with Gasteiger partial charge in [-0.25, -0.2) is 0 Å². The molecule has 0 aliphatic heterocycles. The van der Waals surface area contributed by atoms with E-state index in [1.165, 1.54) is 18.1 Å². The molecule has 3 atom stereocenters. The average molecular weight is 413 g/mol. The maximum absolute atomic E-state index is 13.1. The largest absolute Gasteiger partial charge is 0.300 e. The summed E-state index contributed by atoms with van der Waals surface area (Å²) in [5.41, 5.74) is 4.67. The summed E-state index contributed by atoms with van der Waals surface area (Å²) in [5, 5.41) is 0. The lowest BCUT2D eigenvalue weighted by molar-refractivity contribution is -0.129. The third-order valence-corrected chi connectivity index (χ3v) is 6.80. The number of Topliss-reactive ketones (excluding diaryl/α,β-unsaturated/α-hetero) is 3. The Hall–Kier alpha value is -1.77. The molecule has 166 valence electrons. The molecule has 0 amide bonds. The summed E-state index contributed by atoms with van der Waals surface area (Å²) in [6.45, 7) is 9.96. The van der Waals surface area contributed by atoms with Crippen molar-refractivity contribution >= 4 is 17.3 Å². The molecule has 0 bridgehead atoms. The normalized spacial score (nSPS) is 18.0. The second-order valence-corrected chi connectivity index (χ2v) is 9.34. The molecular formula is C27H40O3. The van der Waals surface area contributed by atoms with Crippen molar-refractivity contribution in [3.63, 3.8) is 0 Å². The summed E-state index contributed by atoms with van der Waals surface area (Å²) in [5.74, 6) is 0.799. The number of hydrogen-bond acceptors (Lipinski definition) is 3. The van der Waals surface area contributed by atoms with Crippen LogP contribution in [0.15, 0.2) is 12.1 Å². The zero-order valence-corrected chi connectivity index (χ0v) is 19.7. The third-order valence-electron chi connectivity index (χ3n) is 6.80. The van der Waals surface area contributed by atoms with Crippen LogP contribution in [0.3, 0.4) is 0 Å². The predicted molar refractivity (Wildman–Crippen MR) is 123 cm³/mol. The molecule has 3 unspecified atom stereocenters. The average Bonchev–Trinajstić information content (AvgIpc) is 2.67. The van der Waals surface area contributed by atoms with Gasteiger partial charge in [-0.05, 0) is 74.5 Å². The molecule has 2 rings (SSSR count). The van der Waals surface area contributed by atoms with Crippen LogP contribution in [0.25, 0.3) is 0 Å². The number of hydrogen-bond donors (Lipinski definition) is 0. The van der Waals surface area contributed by atoms with Crippen molar-refractivity contribution in [3.8, 4) is 0 Å². The van der Waals surface area contributed by atoms with Gasteiger partial charge in [0.15, 0.2) is 5.78 Å². The van der Waals surface area contributed by atoms with Crippen LogP contribution in [0.4, 0.5) is 0 Å². The van der Waals surface area contributed by atoms with Crippen molar-refractivity contribution in [2.45, 2.75) is 98.8 Å². The Kier molecular flexibility index (Phi) is 9.45. The molecule has 0 saturated heterocycles. The van der Waals surface area contributed by atoms with E-state index in [2.05, 4.69) is 32.9 Å². The fraction of sp³-hybridized carbons (Fsp3) is 0.667. The van der Waals surface area contributed by atoms with Crippen molar-refractivity contribution in [3.05, 3.63) is 34.4 Å². The van der Waals surface area contributed by atoms with Crippen molar-refractivity contribution in [1.82, 2.24) is 0 Å². The lowest BCUT2D eigenvalue weighted by Crippen LogP contribution is -2.30. The Bertz CT molecular complexity index is 762. The first-order chi connectivity index (χ1) is 14.3. The van der Waals surface area contributed by atoms with E-state index in [1.807, 2.05) is 6.92 Å². The zero-order valence-electron chi connectivity index (χ0n) is 19.7. The molecule has 0 aromatic heterocycles. The SMILES string of the molecule is CCCCc1ccc(C)c2c1CC(CC(CCC)C(CC)C(=O)CC(C)=O)CC2=O. The third kappa shape index (κ3) is 6.12. The monoisotopic (exact) mass is 412 g/mol. The van der Waals surface area contributed by atoms with Gasteiger partial charge in [-0.2, -0.15) is 0 Å². The second-order valence-electron chi connectivity index (χ2n) is 9.34. The first-order valence-electron chi connectivity index (χ1n) is 12.0. The number of carbonyl (C=O) groups is 3. The van der Waals surface area contributed by atoms with Crippen LogP contribution < -0.4 is 0 Å². The fourth-order valence-electron chi connectivity index (χ4n) is 5.41. The van der Waals surface area contributed by atoms with Gasteiger partial charge in [0, 0.05) is 17.9 Å². The highest BCUT2D eigenvalue weighted by Gasteiger charge is 2.33. The molecule has 1 aromatic carbocycles. The van der Waals surface area contributed by atoms with Crippen LogP contribution in [0.1, 0.15) is 106 Å². The minimum atomic E-state index is -0.0672. The van der Waals surface area contributed by atoms with E-state index in [0.29, 0.717) is 12.3 Å². The highest BCUT2D eigenvalue weighted by molar-refractivity contribution is 6.00. The topological polar surface area (TPSA) is 51.2 Å². The van der Waals surface area contributed by atoms with Crippen LogP contribution in [-0.2, 0) is 22.4 Å². The molecule has 0 spiro atoms. The first-order valence-corrected chi connectivity index (χ1v) is 12.0. The van der Waals surface area contributed by atoms with Crippen LogP contribution in [-0.4, -0.2) is 17.3 Å². The van der Waals surface area contributed by atoms with Gasteiger partial charge in [0.1, 0.15) is 11.6 Å². The Morgan fingerprint density at radius 2 is 1.83 bits per heavy atom. The van der Waals surface area contributed by atoms with E-state index >= 15 is 0 Å². The van der Waals surface area contributed by atoms with E-state index in [-0.39, 0.29) is 35.6 Å². The molecule has 1 aromatic rings. The van der Waals surface area contributed by atoms with Gasteiger partial charge >= 0.3 is 0 Å². The highest BCUT2D eigenvalue weighted by atomic mass is 16.1. The minimum Gasteiger partial charge on any atom is -0.300 e. The Morgan fingerprint density at radius 3 is 2.43 bits per heavy atom. The molecule has 0 radical (unpaired) electrons. The molecule has 1 aliphatic rings. The molecular weight excluding hydrogens is 372 g/mol. The Labute approximate surface area is 183 Å². The summed E-state index contributed by atoms with van der Waals surface area (Å²) in [7, 11) is 0. The van der Waals surface area contributed by atoms with E-state index in [9.17, 15) is 14.4 Å². The van der Waals surface area contributed by atoms with Crippen LogP contribution in [0.5, 0.6) is 0 Å². The maximum atomic E-state index is 13.1. The number of carbonyl (C=O) groups excluding carboxylic acids is 3. The van der Waals surface area contributed by atoms with Gasteiger partial charge in [-0.15, -0.1) is 0 Å². The van der Waals surface area contributed by atoms with E-state index in [1.54, 1.807) is 0 Å². The molecule has 0 heterocycles. The van der Waals surface area contributed by atoms with Gasteiger partial charge in [0.25, 0.3) is 0 Å². The van der Waals surface area contributed by atoms with Crippen molar-refractivity contribution in [2.75, 3.05) is 0 Å². The number of benzene rings is 1. The summed E-state index contributed by atoms with van der Waals surface area (Å²) in [4.78, 5) is 37.3.